The number of amides is 1. The summed E-state index contributed by atoms with van der Waals surface area (Å²) >= 11 is 6.28. The van der Waals surface area contributed by atoms with E-state index in [9.17, 15) is 4.79 Å². The van der Waals surface area contributed by atoms with E-state index >= 15 is 0 Å². The minimum absolute atomic E-state index is 0.0907. The maximum Gasteiger partial charge on any atom is 0.223 e. The first-order valence-corrected chi connectivity index (χ1v) is 10.7. The SMILES string of the molecule is CC[C@H](NC(=O)C1CCN(Cc2ccccc2Cl)CC1)c1ccc(C)c(C)c1. The first-order valence-electron chi connectivity index (χ1n) is 10.3. The highest BCUT2D eigenvalue weighted by molar-refractivity contribution is 6.31. The summed E-state index contributed by atoms with van der Waals surface area (Å²) < 4.78 is 0. The molecular formula is C24H31ClN2O. The molecule has 0 bridgehead atoms. The van der Waals surface area contributed by atoms with E-state index in [4.69, 9.17) is 11.6 Å². The molecule has 3 rings (SSSR count). The van der Waals surface area contributed by atoms with Gasteiger partial charge in [-0.3, -0.25) is 9.69 Å². The normalized spacial score (nSPS) is 16.7. The minimum atomic E-state index is 0.0907. The second-order valence-electron chi connectivity index (χ2n) is 7.95. The molecule has 1 fully saturated rings. The Morgan fingerprint density at radius 3 is 2.50 bits per heavy atom. The van der Waals surface area contributed by atoms with Gasteiger partial charge in [-0.25, -0.2) is 0 Å². The lowest BCUT2D eigenvalue weighted by Gasteiger charge is -2.32. The van der Waals surface area contributed by atoms with Crippen molar-refractivity contribution < 1.29 is 4.79 Å². The van der Waals surface area contributed by atoms with Crippen LogP contribution in [0.25, 0.3) is 0 Å². The average molecular weight is 399 g/mol. The van der Waals surface area contributed by atoms with Gasteiger partial charge in [-0.05, 0) is 74.5 Å². The number of rotatable bonds is 6. The molecule has 2 aromatic rings. The number of hydrogen-bond donors (Lipinski definition) is 1. The predicted octanol–water partition coefficient (Wildman–Crippen LogP) is 5.44. The number of halogens is 1. The van der Waals surface area contributed by atoms with Crippen LogP contribution in [0.2, 0.25) is 5.02 Å². The summed E-state index contributed by atoms with van der Waals surface area (Å²) in [5.74, 6) is 0.297. The van der Waals surface area contributed by atoms with Crippen LogP contribution in [0.3, 0.4) is 0 Å². The van der Waals surface area contributed by atoms with Crippen LogP contribution >= 0.6 is 11.6 Å². The molecule has 3 nitrogen and oxygen atoms in total. The Labute approximate surface area is 174 Å². The lowest BCUT2D eigenvalue weighted by atomic mass is 9.94. The fourth-order valence-electron chi connectivity index (χ4n) is 3.91. The van der Waals surface area contributed by atoms with Gasteiger partial charge in [0.05, 0.1) is 6.04 Å². The van der Waals surface area contributed by atoms with Gasteiger partial charge in [-0.1, -0.05) is 54.9 Å². The molecule has 1 N–H and O–H groups in total. The van der Waals surface area contributed by atoms with Gasteiger partial charge < -0.3 is 5.32 Å². The number of carbonyl (C=O) groups is 1. The number of benzene rings is 2. The molecule has 0 saturated carbocycles. The molecule has 1 atom stereocenters. The molecule has 28 heavy (non-hydrogen) atoms. The molecule has 1 aliphatic rings. The second kappa shape index (κ2) is 9.58. The first kappa shape index (κ1) is 20.9. The van der Waals surface area contributed by atoms with E-state index in [1.54, 1.807) is 0 Å². The number of carbonyl (C=O) groups excluding carboxylic acids is 1. The fraction of sp³-hybridized carbons (Fsp3) is 0.458. The van der Waals surface area contributed by atoms with Gasteiger partial charge in [-0.2, -0.15) is 0 Å². The van der Waals surface area contributed by atoms with Gasteiger partial charge >= 0.3 is 0 Å². The van der Waals surface area contributed by atoms with Crippen molar-refractivity contribution >= 4 is 17.5 Å². The molecule has 0 aromatic heterocycles. The Hall–Kier alpha value is -1.84. The van der Waals surface area contributed by atoms with Crippen molar-refractivity contribution in [2.75, 3.05) is 13.1 Å². The predicted molar refractivity (Wildman–Crippen MR) is 117 cm³/mol. The molecule has 0 spiro atoms. The van der Waals surface area contributed by atoms with Crippen molar-refractivity contribution in [2.45, 2.75) is 52.6 Å². The lowest BCUT2D eigenvalue weighted by molar-refractivity contribution is -0.127. The highest BCUT2D eigenvalue weighted by Crippen LogP contribution is 2.25. The van der Waals surface area contributed by atoms with E-state index in [1.807, 2.05) is 18.2 Å². The first-order chi connectivity index (χ1) is 13.5. The van der Waals surface area contributed by atoms with Crippen LogP contribution < -0.4 is 5.32 Å². The molecule has 4 heteroatoms. The Bertz CT molecular complexity index is 812. The summed E-state index contributed by atoms with van der Waals surface area (Å²) in [7, 11) is 0. The summed E-state index contributed by atoms with van der Waals surface area (Å²) in [6, 6.07) is 14.6. The molecule has 0 radical (unpaired) electrons. The molecule has 0 unspecified atom stereocenters. The Balaban J connectivity index is 1.54. The average Bonchev–Trinajstić information content (AvgIpc) is 2.70. The summed E-state index contributed by atoms with van der Waals surface area (Å²) in [5.41, 5.74) is 4.93. The third-order valence-electron chi connectivity index (χ3n) is 5.97. The van der Waals surface area contributed by atoms with E-state index in [-0.39, 0.29) is 17.9 Å². The number of aryl methyl sites for hydroxylation is 2. The topological polar surface area (TPSA) is 32.3 Å². The van der Waals surface area contributed by atoms with Gasteiger partial charge in [0, 0.05) is 17.5 Å². The van der Waals surface area contributed by atoms with Crippen molar-refractivity contribution in [3.63, 3.8) is 0 Å². The zero-order valence-electron chi connectivity index (χ0n) is 17.2. The van der Waals surface area contributed by atoms with E-state index in [0.717, 1.165) is 49.5 Å². The monoisotopic (exact) mass is 398 g/mol. The summed E-state index contributed by atoms with van der Waals surface area (Å²) in [6.07, 6.45) is 2.71. The third kappa shape index (κ3) is 5.15. The van der Waals surface area contributed by atoms with Crippen molar-refractivity contribution in [3.8, 4) is 0 Å². The smallest absolute Gasteiger partial charge is 0.223 e. The third-order valence-corrected chi connectivity index (χ3v) is 6.34. The van der Waals surface area contributed by atoms with Crippen LogP contribution in [-0.2, 0) is 11.3 Å². The maximum absolute atomic E-state index is 12.9. The molecule has 0 aliphatic carbocycles. The van der Waals surface area contributed by atoms with Crippen LogP contribution in [0, 0.1) is 19.8 Å². The fourth-order valence-corrected chi connectivity index (χ4v) is 4.11. The van der Waals surface area contributed by atoms with Crippen molar-refractivity contribution in [2.24, 2.45) is 5.92 Å². The zero-order valence-corrected chi connectivity index (χ0v) is 17.9. The van der Waals surface area contributed by atoms with Gasteiger partial charge in [0.15, 0.2) is 0 Å². The molecule has 1 aliphatic heterocycles. The van der Waals surface area contributed by atoms with Crippen LogP contribution in [0.5, 0.6) is 0 Å². The highest BCUT2D eigenvalue weighted by Gasteiger charge is 2.26. The number of nitrogens with one attached hydrogen (secondary N) is 1. The quantitative estimate of drug-likeness (QED) is 0.702. The van der Waals surface area contributed by atoms with E-state index < -0.39 is 0 Å². The van der Waals surface area contributed by atoms with E-state index in [2.05, 4.69) is 55.3 Å². The number of nitrogens with zero attached hydrogens (tertiary/aromatic N) is 1. The molecule has 1 heterocycles. The van der Waals surface area contributed by atoms with Gasteiger partial charge in [-0.15, -0.1) is 0 Å². The van der Waals surface area contributed by atoms with Crippen LogP contribution in [-0.4, -0.2) is 23.9 Å². The van der Waals surface area contributed by atoms with Crippen LogP contribution in [0.4, 0.5) is 0 Å². The van der Waals surface area contributed by atoms with E-state index in [1.165, 1.54) is 16.7 Å². The van der Waals surface area contributed by atoms with Crippen LogP contribution in [0.1, 0.15) is 54.5 Å². The molecule has 1 saturated heterocycles. The maximum atomic E-state index is 12.9. The summed E-state index contributed by atoms with van der Waals surface area (Å²) in [6.45, 7) is 9.10. The molecule has 150 valence electrons. The summed E-state index contributed by atoms with van der Waals surface area (Å²) in [5, 5.41) is 4.12. The van der Waals surface area contributed by atoms with Gasteiger partial charge in [0.25, 0.3) is 0 Å². The van der Waals surface area contributed by atoms with Crippen molar-refractivity contribution in [1.29, 1.82) is 0 Å². The Kier molecular flexibility index (Phi) is 7.14. The highest BCUT2D eigenvalue weighted by atomic mass is 35.5. The number of hydrogen-bond acceptors (Lipinski definition) is 2. The Morgan fingerprint density at radius 2 is 1.86 bits per heavy atom. The summed E-state index contributed by atoms with van der Waals surface area (Å²) in [4.78, 5) is 15.3. The molecule has 1 amide bonds. The zero-order chi connectivity index (χ0) is 20.1. The number of likely N-dealkylation sites (tertiary alicyclic amines) is 1. The second-order valence-corrected chi connectivity index (χ2v) is 8.36. The minimum Gasteiger partial charge on any atom is -0.349 e. The Morgan fingerprint density at radius 1 is 1.14 bits per heavy atom. The largest absolute Gasteiger partial charge is 0.349 e. The lowest BCUT2D eigenvalue weighted by Crippen LogP contribution is -2.41. The standard InChI is InChI=1S/C24H31ClN2O/c1-4-23(20-10-9-17(2)18(3)15-20)26-24(28)19-11-13-27(14-12-19)16-21-7-5-6-8-22(21)25/h5-10,15,19,23H,4,11-14,16H2,1-3H3,(H,26,28)/t23-/m0/s1. The van der Waals surface area contributed by atoms with Crippen molar-refractivity contribution in [1.82, 2.24) is 10.2 Å². The molecular weight excluding hydrogens is 368 g/mol. The molecule has 2 aromatic carbocycles. The van der Waals surface area contributed by atoms with Gasteiger partial charge in [0.2, 0.25) is 5.91 Å². The number of piperidine rings is 1. The van der Waals surface area contributed by atoms with Crippen molar-refractivity contribution in [3.05, 3.63) is 69.7 Å². The van der Waals surface area contributed by atoms with Crippen LogP contribution in [0.15, 0.2) is 42.5 Å². The van der Waals surface area contributed by atoms with Gasteiger partial charge in [0.1, 0.15) is 0 Å². The van der Waals surface area contributed by atoms with E-state index in [0.29, 0.717) is 0 Å².